The van der Waals surface area contributed by atoms with Crippen molar-refractivity contribution in [3.05, 3.63) is 27.6 Å². The van der Waals surface area contributed by atoms with Gasteiger partial charge in [-0.15, -0.1) is 22.9 Å². The number of alkyl halides is 1. The molecule has 0 saturated carbocycles. The zero-order chi connectivity index (χ0) is 14.3. The Morgan fingerprint density at radius 1 is 1.40 bits per heavy atom. The maximum Gasteiger partial charge on any atom is 0.159 e. The summed E-state index contributed by atoms with van der Waals surface area (Å²) in [5.41, 5.74) is 2.86. The topological polar surface area (TPSA) is 48.5 Å². The van der Waals surface area contributed by atoms with Crippen LogP contribution in [0, 0.1) is 6.92 Å². The minimum atomic E-state index is 0.389. The molecular formula is C13H16ClN5S. The predicted molar refractivity (Wildman–Crippen MR) is 81.4 cm³/mol. The largest absolute Gasteiger partial charge is 0.305 e. The molecule has 3 aromatic rings. The number of aromatic nitrogens is 5. The number of fused-ring (bicyclic) bond motifs is 1. The van der Waals surface area contributed by atoms with Gasteiger partial charge in [0, 0.05) is 18.1 Å². The van der Waals surface area contributed by atoms with Crippen LogP contribution in [0.5, 0.6) is 0 Å². The summed E-state index contributed by atoms with van der Waals surface area (Å²) in [4.78, 5) is 10.4. The second kappa shape index (κ2) is 5.18. The molecule has 20 heavy (non-hydrogen) atoms. The lowest BCUT2D eigenvalue weighted by molar-refractivity contribution is 0.700. The van der Waals surface area contributed by atoms with Crippen LogP contribution in [-0.2, 0) is 25.9 Å². The third-order valence-corrected chi connectivity index (χ3v) is 4.70. The Bertz CT molecular complexity index is 754. The van der Waals surface area contributed by atoms with E-state index in [0.29, 0.717) is 12.4 Å². The van der Waals surface area contributed by atoms with Crippen molar-refractivity contribution in [3.8, 4) is 0 Å². The summed E-state index contributed by atoms with van der Waals surface area (Å²) in [6.07, 6.45) is 2.97. The summed E-state index contributed by atoms with van der Waals surface area (Å²) in [6, 6.07) is 0. The highest BCUT2D eigenvalue weighted by Gasteiger charge is 2.17. The molecule has 0 aliphatic carbocycles. The third kappa shape index (κ3) is 2.13. The van der Waals surface area contributed by atoms with E-state index in [2.05, 4.69) is 26.6 Å². The van der Waals surface area contributed by atoms with Gasteiger partial charge in [0.05, 0.1) is 18.1 Å². The molecular weight excluding hydrogens is 294 g/mol. The van der Waals surface area contributed by atoms with Crippen LogP contribution in [0.15, 0.2) is 6.20 Å². The first-order valence-electron chi connectivity index (χ1n) is 6.52. The summed E-state index contributed by atoms with van der Waals surface area (Å²) < 4.78 is 3.97. The monoisotopic (exact) mass is 309 g/mol. The summed E-state index contributed by atoms with van der Waals surface area (Å²) in [5, 5.41) is 5.50. The fourth-order valence-electron chi connectivity index (χ4n) is 2.37. The van der Waals surface area contributed by atoms with Gasteiger partial charge in [-0.1, -0.05) is 6.92 Å². The normalized spacial score (nSPS) is 11.6. The minimum Gasteiger partial charge on any atom is -0.305 e. The number of hydrogen-bond acceptors (Lipinski definition) is 4. The van der Waals surface area contributed by atoms with Crippen LogP contribution in [0.4, 0.5) is 0 Å². The first kappa shape index (κ1) is 13.6. The van der Waals surface area contributed by atoms with Gasteiger partial charge in [-0.2, -0.15) is 5.10 Å². The first-order valence-corrected chi connectivity index (χ1v) is 7.87. The van der Waals surface area contributed by atoms with E-state index in [9.17, 15) is 0 Å². The second-order valence-electron chi connectivity index (χ2n) is 4.70. The first-order chi connectivity index (χ1) is 9.63. The highest BCUT2D eigenvalue weighted by Crippen LogP contribution is 2.23. The smallest absolute Gasteiger partial charge is 0.159 e. The van der Waals surface area contributed by atoms with Crippen molar-refractivity contribution in [3.63, 3.8) is 0 Å². The van der Waals surface area contributed by atoms with Crippen LogP contribution in [0.25, 0.3) is 11.2 Å². The number of aryl methyl sites for hydroxylation is 3. The minimum absolute atomic E-state index is 0.389. The van der Waals surface area contributed by atoms with Crippen LogP contribution in [0.2, 0.25) is 0 Å². The van der Waals surface area contributed by atoms with E-state index >= 15 is 0 Å². The van der Waals surface area contributed by atoms with Crippen molar-refractivity contribution in [1.29, 1.82) is 0 Å². The van der Waals surface area contributed by atoms with Crippen LogP contribution in [0.1, 0.15) is 28.3 Å². The zero-order valence-electron chi connectivity index (χ0n) is 11.7. The van der Waals surface area contributed by atoms with Crippen molar-refractivity contribution in [2.75, 3.05) is 0 Å². The molecule has 0 amide bonds. The van der Waals surface area contributed by atoms with Gasteiger partial charge in [0.25, 0.3) is 0 Å². The quantitative estimate of drug-likeness (QED) is 0.696. The SMILES string of the molecule is CCc1cnc(Cn2c(CCl)nc3c(C)nn(C)c32)s1. The second-order valence-corrected chi connectivity index (χ2v) is 6.17. The number of hydrogen-bond donors (Lipinski definition) is 0. The molecule has 0 spiro atoms. The van der Waals surface area contributed by atoms with Crippen molar-refractivity contribution in [2.24, 2.45) is 7.05 Å². The Morgan fingerprint density at radius 2 is 2.20 bits per heavy atom. The third-order valence-electron chi connectivity index (χ3n) is 3.33. The number of imidazole rings is 1. The lowest BCUT2D eigenvalue weighted by Gasteiger charge is -2.05. The van der Waals surface area contributed by atoms with E-state index in [1.165, 1.54) is 4.88 Å². The molecule has 0 bridgehead atoms. The molecule has 7 heteroatoms. The molecule has 3 aromatic heterocycles. The summed E-state index contributed by atoms with van der Waals surface area (Å²) in [6.45, 7) is 4.81. The molecule has 0 aliphatic heterocycles. The molecule has 0 aromatic carbocycles. The molecule has 5 nitrogen and oxygen atoms in total. The summed E-state index contributed by atoms with van der Waals surface area (Å²) in [7, 11) is 1.94. The Labute approximate surface area is 126 Å². The van der Waals surface area contributed by atoms with E-state index in [1.54, 1.807) is 11.3 Å². The van der Waals surface area contributed by atoms with Gasteiger partial charge in [-0.3, -0.25) is 4.68 Å². The summed E-state index contributed by atoms with van der Waals surface area (Å²) >= 11 is 7.77. The fourth-order valence-corrected chi connectivity index (χ4v) is 3.42. The van der Waals surface area contributed by atoms with Crippen molar-refractivity contribution < 1.29 is 0 Å². The molecule has 0 saturated heterocycles. The average molecular weight is 310 g/mol. The number of halogens is 1. The van der Waals surface area contributed by atoms with Crippen LogP contribution in [-0.4, -0.2) is 24.3 Å². The number of thiazole rings is 1. The molecule has 3 rings (SSSR count). The van der Waals surface area contributed by atoms with E-state index < -0.39 is 0 Å². The molecule has 0 radical (unpaired) electrons. The van der Waals surface area contributed by atoms with Crippen LogP contribution in [0.3, 0.4) is 0 Å². The molecule has 0 aliphatic rings. The van der Waals surface area contributed by atoms with Crippen molar-refractivity contribution >= 4 is 34.1 Å². The van der Waals surface area contributed by atoms with Crippen molar-refractivity contribution in [2.45, 2.75) is 32.7 Å². The molecule has 0 unspecified atom stereocenters. The Morgan fingerprint density at radius 3 is 2.85 bits per heavy atom. The fraction of sp³-hybridized carbons (Fsp3) is 0.462. The number of rotatable bonds is 4. The Hall–Kier alpha value is -1.40. The maximum absolute atomic E-state index is 6.03. The van der Waals surface area contributed by atoms with Gasteiger partial charge in [0.15, 0.2) is 5.65 Å². The van der Waals surface area contributed by atoms with Crippen molar-refractivity contribution in [1.82, 2.24) is 24.3 Å². The lowest BCUT2D eigenvalue weighted by atomic mass is 10.4. The Kier molecular flexibility index (Phi) is 3.52. The van der Waals surface area contributed by atoms with E-state index in [-0.39, 0.29) is 0 Å². The molecule has 0 atom stereocenters. The highest BCUT2D eigenvalue weighted by atomic mass is 35.5. The van der Waals surface area contributed by atoms with Crippen LogP contribution < -0.4 is 0 Å². The summed E-state index contributed by atoms with van der Waals surface area (Å²) in [5.74, 6) is 1.26. The standard InChI is InChI=1S/C13H16ClN5S/c1-4-9-6-15-11(20-9)7-19-10(5-14)16-12-8(2)17-18(3)13(12)19/h6H,4-5,7H2,1-3H3. The average Bonchev–Trinajstić information content (AvgIpc) is 3.09. The van der Waals surface area contributed by atoms with Gasteiger partial charge in [-0.25, -0.2) is 9.97 Å². The van der Waals surface area contributed by atoms with E-state index in [4.69, 9.17) is 11.6 Å². The lowest BCUT2D eigenvalue weighted by Crippen LogP contribution is -2.07. The molecule has 106 valence electrons. The highest BCUT2D eigenvalue weighted by molar-refractivity contribution is 7.11. The van der Waals surface area contributed by atoms with E-state index in [1.807, 2.05) is 24.9 Å². The van der Waals surface area contributed by atoms with Gasteiger partial charge < -0.3 is 4.57 Å². The van der Waals surface area contributed by atoms with E-state index in [0.717, 1.165) is 34.1 Å². The Balaban J connectivity index is 2.09. The molecule has 0 fully saturated rings. The van der Waals surface area contributed by atoms with Gasteiger partial charge in [0.1, 0.15) is 16.3 Å². The van der Waals surface area contributed by atoms with Gasteiger partial charge in [0.2, 0.25) is 0 Å². The van der Waals surface area contributed by atoms with Gasteiger partial charge >= 0.3 is 0 Å². The predicted octanol–water partition coefficient (Wildman–Crippen LogP) is 2.88. The zero-order valence-corrected chi connectivity index (χ0v) is 13.3. The molecule has 0 N–H and O–H groups in total. The van der Waals surface area contributed by atoms with Gasteiger partial charge in [-0.05, 0) is 13.3 Å². The maximum atomic E-state index is 6.03. The van der Waals surface area contributed by atoms with Crippen LogP contribution >= 0.6 is 22.9 Å². The number of nitrogens with zero attached hydrogens (tertiary/aromatic N) is 5. The molecule has 3 heterocycles.